The van der Waals surface area contributed by atoms with E-state index in [2.05, 4.69) is 4.98 Å². The molecule has 0 N–H and O–H groups in total. The molecule has 2 aromatic rings. The first-order valence-corrected chi connectivity index (χ1v) is 9.05. The summed E-state index contributed by atoms with van der Waals surface area (Å²) in [7, 11) is 3.26. The van der Waals surface area contributed by atoms with Gasteiger partial charge in [0.15, 0.2) is 11.5 Å². The van der Waals surface area contributed by atoms with Crippen LogP contribution in [-0.4, -0.2) is 36.6 Å². The Morgan fingerprint density at radius 1 is 1.33 bits per heavy atom. The maximum Gasteiger partial charge on any atom is 0.223 e. The average molecular weight is 346 g/mol. The summed E-state index contributed by atoms with van der Waals surface area (Å²) in [5.74, 6) is 1.61. The van der Waals surface area contributed by atoms with E-state index in [0.717, 1.165) is 30.6 Å². The standard InChI is InChI=1S/C18H22N2O3S/c1-22-16-7-5-13(10-17(16)23-2)15-4-3-9-20(15)18(21)8-6-14-11-24-12-19-14/h5,7,10-12,15H,3-4,6,8-9H2,1-2H3/t15-/m0/s1. The fourth-order valence-electron chi connectivity index (χ4n) is 3.21. The lowest BCUT2D eigenvalue weighted by molar-refractivity contribution is -0.132. The summed E-state index contributed by atoms with van der Waals surface area (Å²) in [4.78, 5) is 18.9. The number of ether oxygens (including phenoxy) is 2. The fraction of sp³-hybridized carbons (Fsp3) is 0.444. The molecule has 5 nitrogen and oxygen atoms in total. The van der Waals surface area contributed by atoms with Gasteiger partial charge in [-0.15, -0.1) is 11.3 Å². The van der Waals surface area contributed by atoms with E-state index in [-0.39, 0.29) is 11.9 Å². The number of hydrogen-bond acceptors (Lipinski definition) is 5. The summed E-state index contributed by atoms with van der Waals surface area (Å²) in [6.45, 7) is 0.814. The van der Waals surface area contributed by atoms with E-state index in [1.54, 1.807) is 25.6 Å². The molecule has 1 aromatic heterocycles. The van der Waals surface area contributed by atoms with Crippen molar-refractivity contribution >= 4 is 17.2 Å². The number of likely N-dealkylation sites (tertiary alicyclic amines) is 1. The third-order valence-corrected chi connectivity index (χ3v) is 5.08. The molecule has 1 saturated heterocycles. The summed E-state index contributed by atoms with van der Waals surface area (Å²) >= 11 is 1.57. The van der Waals surface area contributed by atoms with E-state index in [1.165, 1.54) is 0 Å². The van der Waals surface area contributed by atoms with Crippen molar-refractivity contribution in [3.63, 3.8) is 0 Å². The summed E-state index contributed by atoms with van der Waals surface area (Å²) in [5, 5.41) is 2.00. The monoisotopic (exact) mass is 346 g/mol. The lowest BCUT2D eigenvalue weighted by atomic mass is 10.0. The summed E-state index contributed by atoms with van der Waals surface area (Å²) in [6, 6.07) is 6.03. The number of nitrogens with zero attached hydrogens (tertiary/aromatic N) is 2. The number of carbonyl (C=O) groups excluding carboxylic acids is 1. The van der Waals surface area contributed by atoms with E-state index in [0.29, 0.717) is 24.3 Å². The van der Waals surface area contributed by atoms with Gasteiger partial charge in [0.25, 0.3) is 0 Å². The molecule has 24 heavy (non-hydrogen) atoms. The van der Waals surface area contributed by atoms with Crippen LogP contribution in [0.2, 0.25) is 0 Å². The van der Waals surface area contributed by atoms with Crippen LogP contribution in [0.5, 0.6) is 11.5 Å². The Morgan fingerprint density at radius 2 is 2.17 bits per heavy atom. The number of aryl methyl sites for hydroxylation is 1. The maximum atomic E-state index is 12.6. The lowest BCUT2D eigenvalue weighted by Gasteiger charge is -2.25. The van der Waals surface area contributed by atoms with Crippen molar-refractivity contribution < 1.29 is 14.3 Å². The first kappa shape index (κ1) is 16.8. The van der Waals surface area contributed by atoms with Crippen molar-refractivity contribution in [2.45, 2.75) is 31.7 Å². The molecule has 1 fully saturated rings. The number of thiazole rings is 1. The molecule has 1 amide bonds. The van der Waals surface area contributed by atoms with Gasteiger partial charge in [-0.25, -0.2) is 4.98 Å². The number of benzene rings is 1. The molecule has 1 aliphatic heterocycles. The number of hydrogen-bond donors (Lipinski definition) is 0. The fourth-order valence-corrected chi connectivity index (χ4v) is 3.80. The van der Waals surface area contributed by atoms with Crippen molar-refractivity contribution in [2.24, 2.45) is 0 Å². The molecule has 0 radical (unpaired) electrons. The van der Waals surface area contributed by atoms with E-state index in [1.807, 2.05) is 34.0 Å². The van der Waals surface area contributed by atoms with Crippen molar-refractivity contribution in [3.05, 3.63) is 40.3 Å². The normalized spacial score (nSPS) is 17.1. The maximum absolute atomic E-state index is 12.6. The number of carbonyl (C=O) groups is 1. The molecular weight excluding hydrogens is 324 g/mol. The summed E-state index contributed by atoms with van der Waals surface area (Å²) < 4.78 is 10.7. The number of methoxy groups -OCH3 is 2. The molecule has 1 aliphatic rings. The highest BCUT2D eigenvalue weighted by molar-refractivity contribution is 7.07. The van der Waals surface area contributed by atoms with Crippen LogP contribution in [0.4, 0.5) is 0 Å². The van der Waals surface area contributed by atoms with Gasteiger partial charge in [-0.2, -0.15) is 0 Å². The van der Waals surface area contributed by atoms with Gasteiger partial charge in [-0.3, -0.25) is 4.79 Å². The zero-order chi connectivity index (χ0) is 16.9. The molecule has 128 valence electrons. The smallest absolute Gasteiger partial charge is 0.223 e. The Labute approximate surface area is 146 Å². The Bertz CT molecular complexity index is 688. The molecule has 0 spiro atoms. The van der Waals surface area contributed by atoms with Crippen LogP contribution in [0.15, 0.2) is 29.1 Å². The van der Waals surface area contributed by atoms with Gasteiger partial charge in [0, 0.05) is 18.3 Å². The van der Waals surface area contributed by atoms with Crippen molar-refractivity contribution in [1.29, 1.82) is 0 Å². The SMILES string of the molecule is COc1ccc([C@@H]2CCCN2C(=O)CCc2cscn2)cc1OC. The Kier molecular flexibility index (Phi) is 5.35. The zero-order valence-corrected chi connectivity index (χ0v) is 14.8. The molecular formula is C18H22N2O3S. The summed E-state index contributed by atoms with van der Waals surface area (Å²) in [5.41, 5.74) is 3.91. The Hall–Kier alpha value is -2.08. The Morgan fingerprint density at radius 3 is 2.88 bits per heavy atom. The van der Waals surface area contributed by atoms with Gasteiger partial charge in [0.2, 0.25) is 5.91 Å². The van der Waals surface area contributed by atoms with E-state index < -0.39 is 0 Å². The molecule has 2 heterocycles. The molecule has 1 aromatic carbocycles. The predicted octanol–water partition coefficient (Wildman–Crippen LogP) is 3.46. The minimum Gasteiger partial charge on any atom is -0.493 e. The lowest BCUT2D eigenvalue weighted by Crippen LogP contribution is -2.30. The first-order valence-electron chi connectivity index (χ1n) is 8.11. The van der Waals surface area contributed by atoms with Crippen LogP contribution in [0.1, 0.15) is 36.6 Å². The van der Waals surface area contributed by atoms with Crippen LogP contribution in [0.25, 0.3) is 0 Å². The highest BCUT2D eigenvalue weighted by Gasteiger charge is 2.30. The third kappa shape index (κ3) is 3.53. The highest BCUT2D eigenvalue weighted by atomic mass is 32.1. The van der Waals surface area contributed by atoms with Crippen molar-refractivity contribution in [2.75, 3.05) is 20.8 Å². The highest BCUT2D eigenvalue weighted by Crippen LogP contribution is 2.37. The average Bonchev–Trinajstić information content (AvgIpc) is 3.30. The first-order chi connectivity index (χ1) is 11.7. The topological polar surface area (TPSA) is 51.7 Å². The predicted molar refractivity (Wildman–Crippen MR) is 93.7 cm³/mol. The Balaban J connectivity index is 1.71. The third-order valence-electron chi connectivity index (χ3n) is 4.44. The molecule has 0 bridgehead atoms. The molecule has 6 heteroatoms. The van der Waals surface area contributed by atoms with Crippen LogP contribution in [0.3, 0.4) is 0 Å². The van der Waals surface area contributed by atoms with Gasteiger partial charge in [0.05, 0.1) is 31.5 Å². The largest absolute Gasteiger partial charge is 0.493 e. The molecule has 3 rings (SSSR count). The van der Waals surface area contributed by atoms with E-state index in [9.17, 15) is 4.79 Å². The van der Waals surface area contributed by atoms with E-state index in [4.69, 9.17) is 9.47 Å². The molecule has 0 saturated carbocycles. The van der Waals surface area contributed by atoms with Gasteiger partial charge in [-0.05, 0) is 37.0 Å². The second-order valence-corrected chi connectivity index (χ2v) is 6.56. The van der Waals surface area contributed by atoms with Gasteiger partial charge in [0.1, 0.15) is 0 Å². The minimum absolute atomic E-state index is 0.118. The van der Waals surface area contributed by atoms with Gasteiger partial charge < -0.3 is 14.4 Å². The zero-order valence-electron chi connectivity index (χ0n) is 14.0. The van der Waals surface area contributed by atoms with Gasteiger partial charge >= 0.3 is 0 Å². The van der Waals surface area contributed by atoms with Crippen molar-refractivity contribution in [3.8, 4) is 11.5 Å². The van der Waals surface area contributed by atoms with Gasteiger partial charge in [-0.1, -0.05) is 6.07 Å². The molecule has 0 aliphatic carbocycles. The number of aromatic nitrogens is 1. The summed E-state index contributed by atoms with van der Waals surface area (Å²) in [6.07, 6.45) is 3.23. The molecule has 1 atom stereocenters. The quantitative estimate of drug-likeness (QED) is 0.804. The van der Waals surface area contributed by atoms with Crippen LogP contribution >= 0.6 is 11.3 Å². The van der Waals surface area contributed by atoms with E-state index >= 15 is 0 Å². The van der Waals surface area contributed by atoms with Crippen LogP contribution in [0, 0.1) is 0 Å². The number of amides is 1. The second kappa shape index (κ2) is 7.66. The van der Waals surface area contributed by atoms with Crippen molar-refractivity contribution in [1.82, 2.24) is 9.88 Å². The van der Waals surface area contributed by atoms with Crippen LogP contribution < -0.4 is 9.47 Å². The van der Waals surface area contributed by atoms with Crippen LogP contribution in [-0.2, 0) is 11.2 Å². The molecule has 0 unspecified atom stereocenters. The number of rotatable bonds is 6. The second-order valence-electron chi connectivity index (χ2n) is 5.84. The minimum atomic E-state index is 0.118.